The molecule has 0 atom stereocenters. The molecule has 0 spiro atoms. The molecule has 17 heavy (non-hydrogen) atoms. The summed E-state index contributed by atoms with van der Waals surface area (Å²) in [6.07, 6.45) is 2.08. The molecule has 1 fully saturated rings. The molecule has 90 valence electrons. The Morgan fingerprint density at radius 3 is 3.06 bits per heavy atom. The number of carbonyl (C=O) groups is 2. The first-order chi connectivity index (χ1) is 8.16. The molecule has 5 nitrogen and oxygen atoms in total. The second-order valence-electron chi connectivity index (χ2n) is 4.11. The van der Waals surface area contributed by atoms with Gasteiger partial charge in [-0.1, -0.05) is 6.07 Å². The molecule has 1 aromatic heterocycles. The van der Waals surface area contributed by atoms with Gasteiger partial charge in [0.05, 0.1) is 18.8 Å². The first-order valence-corrected chi connectivity index (χ1v) is 5.62. The van der Waals surface area contributed by atoms with E-state index in [1.54, 1.807) is 11.1 Å². The van der Waals surface area contributed by atoms with Crippen LogP contribution in [0, 0.1) is 6.92 Å². The average molecular weight is 233 g/mol. The molecule has 0 radical (unpaired) electrons. The van der Waals surface area contributed by atoms with E-state index >= 15 is 0 Å². The van der Waals surface area contributed by atoms with Gasteiger partial charge in [-0.2, -0.15) is 0 Å². The average Bonchev–Trinajstić information content (AvgIpc) is 2.47. The van der Waals surface area contributed by atoms with Crippen molar-refractivity contribution in [1.29, 1.82) is 0 Å². The number of aryl methyl sites for hydroxylation is 1. The van der Waals surface area contributed by atoms with Crippen molar-refractivity contribution in [2.24, 2.45) is 0 Å². The highest BCUT2D eigenvalue weighted by Crippen LogP contribution is 2.09. The van der Waals surface area contributed by atoms with Crippen LogP contribution in [-0.2, 0) is 16.1 Å². The molecule has 1 N–H and O–H groups in total. The van der Waals surface area contributed by atoms with Crippen molar-refractivity contribution in [3.63, 3.8) is 0 Å². The number of hydrogen-bond donors (Lipinski definition) is 1. The molecule has 1 aliphatic rings. The molecule has 0 aromatic carbocycles. The summed E-state index contributed by atoms with van der Waals surface area (Å²) in [4.78, 5) is 28.9. The zero-order valence-electron chi connectivity index (χ0n) is 9.77. The van der Waals surface area contributed by atoms with Crippen LogP contribution in [0.15, 0.2) is 18.3 Å². The summed E-state index contributed by atoms with van der Waals surface area (Å²) in [5, 5.41) is 2.57. The third-order valence-corrected chi connectivity index (χ3v) is 2.86. The maximum absolute atomic E-state index is 11.8. The van der Waals surface area contributed by atoms with Crippen molar-refractivity contribution in [2.45, 2.75) is 19.9 Å². The minimum Gasteiger partial charge on any atom is -0.347 e. The maximum atomic E-state index is 11.8. The normalized spacial score (nSPS) is 16.6. The number of amides is 2. The van der Waals surface area contributed by atoms with E-state index < -0.39 is 0 Å². The van der Waals surface area contributed by atoms with Crippen LogP contribution in [0.5, 0.6) is 0 Å². The molecule has 0 saturated carbocycles. The summed E-state index contributed by atoms with van der Waals surface area (Å²) < 4.78 is 0. The highest BCUT2D eigenvalue weighted by Gasteiger charge is 2.20. The lowest BCUT2D eigenvalue weighted by Crippen LogP contribution is -2.35. The Morgan fingerprint density at radius 2 is 2.29 bits per heavy atom. The van der Waals surface area contributed by atoms with Crippen molar-refractivity contribution in [3.8, 4) is 0 Å². The van der Waals surface area contributed by atoms with E-state index in [1.165, 1.54) is 0 Å². The van der Waals surface area contributed by atoms with Crippen molar-refractivity contribution in [3.05, 3.63) is 29.6 Å². The SMILES string of the molecule is Cc1cccnc1CN1CCC(=O)NCC1=O. The second kappa shape index (κ2) is 4.95. The third-order valence-electron chi connectivity index (χ3n) is 2.86. The van der Waals surface area contributed by atoms with Crippen molar-refractivity contribution >= 4 is 11.8 Å². The summed E-state index contributed by atoms with van der Waals surface area (Å²) in [6.45, 7) is 2.99. The van der Waals surface area contributed by atoms with Gasteiger partial charge in [0.1, 0.15) is 0 Å². The van der Waals surface area contributed by atoms with E-state index in [1.807, 2.05) is 19.1 Å². The lowest BCUT2D eigenvalue weighted by molar-refractivity contribution is -0.130. The van der Waals surface area contributed by atoms with Gasteiger partial charge in [0.25, 0.3) is 0 Å². The third kappa shape index (κ3) is 2.81. The smallest absolute Gasteiger partial charge is 0.242 e. The van der Waals surface area contributed by atoms with Gasteiger partial charge >= 0.3 is 0 Å². The molecule has 2 heterocycles. The van der Waals surface area contributed by atoms with E-state index in [9.17, 15) is 9.59 Å². The molecule has 1 saturated heterocycles. The minimum absolute atomic E-state index is 0.0547. The van der Waals surface area contributed by atoms with Crippen molar-refractivity contribution in [2.75, 3.05) is 13.1 Å². The monoisotopic (exact) mass is 233 g/mol. The van der Waals surface area contributed by atoms with Crippen LogP contribution >= 0.6 is 0 Å². The Morgan fingerprint density at radius 1 is 1.47 bits per heavy atom. The first-order valence-electron chi connectivity index (χ1n) is 5.62. The van der Waals surface area contributed by atoms with Crippen LogP contribution < -0.4 is 5.32 Å². The van der Waals surface area contributed by atoms with E-state index in [-0.39, 0.29) is 18.4 Å². The molecular formula is C12H15N3O2. The topological polar surface area (TPSA) is 62.3 Å². The van der Waals surface area contributed by atoms with Crippen LogP contribution in [-0.4, -0.2) is 34.8 Å². The summed E-state index contributed by atoms with van der Waals surface area (Å²) in [5.74, 6) is -0.125. The number of hydrogen-bond acceptors (Lipinski definition) is 3. The van der Waals surface area contributed by atoms with Crippen LogP contribution in [0.4, 0.5) is 0 Å². The molecule has 0 bridgehead atoms. The van der Waals surface area contributed by atoms with Crippen LogP contribution in [0.2, 0.25) is 0 Å². The number of carbonyl (C=O) groups excluding carboxylic acids is 2. The molecule has 1 aliphatic heterocycles. The molecule has 2 amide bonds. The summed E-state index contributed by atoms with van der Waals surface area (Å²) in [5.41, 5.74) is 1.94. The lowest BCUT2D eigenvalue weighted by Gasteiger charge is -2.19. The van der Waals surface area contributed by atoms with Gasteiger partial charge in [0.15, 0.2) is 0 Å². The highest BCUT2D eigenvalue weighted by molar-refractivity contribution is 5.87. The molecule has 5 heteroatoms. The molecule has 0 unspecified atom stereocenters. The quantitative estimate of drug-likeness (QED) is 0.796. The van der Waals surface area contributed by atoms with E-state index in [0.29, 0.717) is 19.5 Å². The van der Waals surface area contributed by atoms with Gasteiger partial charge in [0, 0.05) is 19.2 Å². The molecule has 2 rings (SSSR count). The van der Waals surface area contributed by atoms with Gasteiger partial charge < -0.3 is 10.2 Å². The van der Waals surface area contributed by atoms with E-state index in [2.05, 4.69) is 10.3 Å². The molecular weight excluding hydrogens is 218 g/mol. The second-order valence-corrected chi connectivity index (χ2v) is 4.11. The van der Waals surface area contributed by atoms with Gasteiger partial charge in [0.2, 0.25) is 11.8 Å². The summed E-state index contributed by atoms with van der Waals surface area (Å²) >= 11 is 0. The van der Waals surface area contributed by atoms with Crippen LogP contribution in [0.25, 0.3) is 0 Å². The zero-order chi connectivity index (χ0) is 12.3. The summed E-state index contributed by atoms with van der Waals surface area (Å²) in [6, 6.07) is 3.84. The van der Waals surface area contributed by atoms with E-state index in [0.717, 1.165) is 11.3 Å². The number of pyridine rings is 1. The fourth-order valence-corrected chi connectivity index (χ4v) is 1.77. The van der Waals surface area contributed by atoms with E-state index in [4.69, 9.17) is 0 Å². The Bertz CT molecular complexity index is 445. The molecule has 0 aliphatic carbocycles. The van der Waals surface area contributed by atoms with Gasteiger partial charge in [-0.05, 0) is 18.6 Å². The predicted octanol–water partition coefficient (Wildman–Crippen LogP) is 0.239. The maximum Gasteiger partial charge on any atom is 0.242 e. The molecule has 1 aromatic rings. The Balaban J connectivity index is 2.10. The fourth-order valence-electron chi connectivity index (χ4n) is 1.77. The number of rotatable bonds is 2. The Labute approximate surface area is 99.8 Å². The number of nitrogens with zero attached hydrogens (tertiary/aromatic N) is 2. The highest BCUT2D eigenvalue weighted by atomic mass is 16.2. The zero-order valence-corrected chi connectivity index (χ0v) is 9.77. The number of nitrogens with one attached hydrogen (secondary N) is 1. The lowest BCUT2D eigenvalue weighted by atomic mass is 10.2. The standard InChI is InChI=1S/C12H15N3O2/c1-9-3-2-5-13-10(9)8-15-6-4-11(16)14-7-12(15)17/h2-3,5H,4,6-8H2,1H3,(H,14,16). The Kier molecular flexibility index (Phi) is 3.37. The van der Waals surface area contributed by atoms with Gasteiger partial charge in [-0.25, -0.2) is 0 Å². The van der Waals surface area contributed by atoms with Crippen molar-refractivity contribution in [1.82, 2.24) is 15.2 Å². The largest absolute Gasteiger partial charge is 0.347 e. The predicted molar refractivity (Wildman–Crippen MR) is 62.0 cm³/mol. The number of aromatic nitrogens is 1. The van der Waals surface area contributed by atoms with Gasteiger partial charge in [-0.15, -0.1) is 0 Å². The van der Waals surface area contributed by atoms with Gasteiger partial charge in [-0.3, -0.25) is 14.6 Å². The fraction of sp³-hybridized carbons (Fsp3) is 0.417. The first kappa shape index (κ1) is 11.6. The van der Waals surface area contributed by atoms with Crippen LogP contribution in [0.3, 0.4) is 0 Å². The van der Waals surface area contributed by atoms with Crippen LogP contribution in [0.1, 0.15) is 17.7 Å². The Hall–Kier alpha value is -1.91. The van der Waals surface area contributed by atoms with Crippen molar-refractivity contribution < 1.29 is 9.59 Å². The minimum atomic E-state index is -0.0707. The summed E-state index contributed by atoms with van der Waals surface area (Å²) in [7, 11) is 0.